The Kier molecular flexibility index (Phi) is 5.22. The highest BCUT2D eigenvalue weighted by molar-refractivity contribution is 5.29. The highest BCUT2D eigenvalue weighted by Crippen LogP contribution is 2.04. The Bertz CT molecular complexity index is 298. The van der Waals surface area contributed by atoms with Gasteiger partial charge in [0.15, 0.2) is 0 Å². The van der Waals surface area contributed by atoms with Gasteiger partial charge in [-0.1, -0.05) is 6.07 Å². The van der Waals surface area contributed by atoms with Gasteiger partial charge in [0.25, 0.3) is 0 Å². The molecule has 0 saturated carbocycles. The summed E-state index contributed by atoms with van der Waals surface area (Å²) < 4.78 is 5.49. The van der Waals surface area contributed by atoms with E-state index < -0.39 is 0 Å². The van der Waals surface area contributed by atoms with E-state index in [-0.39, 0.29) is 0 Å². The van der Waals surface area contributed by atoms with Crippen molar-refractivity contribution in [3.05, 3.63) is 23.9 Å². The SMILES string of the molecule is CC(C)OCCN(C)Cc1ccc(N)nc1. The molecule has 0 atom stereocenters. The van der Waals surface area contributed by atoms with Crippen molar-refractivity contribution in [2.45, 2.75) is 26.5 Å². The van der Waals surface area contributed by atoms with Crippen LogP contribution in [0.5, 0.6) is 0 Å². The number of rotatable bonds is 6. The first-order chi connectivity index (χ1) is 7.58. The number of likely N-dealkylation sites (N-methyl/N-ethyl adjacent to an activating group) is 1. The van der Waals surface area contributed by atoms with Crippen molar-refractivity contribution < 1.29 is 4.74 Å². The van der Waals surface area contributed by atoms with Crippen LogP contribution in [0.15, 0.2) is 18.3 Å². The third-order valence-corrected chi connectivity index (χ3v) is 2.22. The van der Waals surface area contributed by atoms with Gasteiger partial charge in [-0.2, -0.15) is 0 Å². The van der Waals surface area contributed by atoms with Crippen molar-refractivity contribution in [2.75, 3.05) is 25.9 Å². The zero-order chi connectivity index (χ0) is 12.0. The molecule has 0 amide bonds. The molecular formula is C12H21N3O. The Morgan fingerprint density at radius 2 is 2.19 bits per heavy atom. The molecule has 1 aromatic rings. The molecule has 1 rings (SSSR count). The average Bonchev–Trinajstić information content (AvgIpc) is 2.21. The number of aromatic nitrogens is 1. The minimum Gasteiger partial charge on any atom is -0.384 e. The van der Waals surface area contributed by atoms with Gasteiger partial charge in [0.1, 0.15) is 5.82 Å². The van der Waals surface area contributed by atoms with Gasteiger partial charge >= 0.3 is 0 Å². The normalized spacial score (nSPS) is 11.3. The molecule has 0 aliphatic carbocycles. The lowest BCUT2D eigenvalue weighted by Crippen LogP contribution is -2.24. The molecule has 0 bridgehead atoms. The first-order valence-corrected chi connectivity index (χ1v) is 5.58. The second-order valence-electron chi connectivity index (χ2n) is 4.25. The number of nitrogens with zero attached hydrogens (tertiary/aromatic N) is 2. The number of pyridine rings is 1. The zero-order valence-electron chi connectivity index (χ0n) is 10.3. The van der Waals surface area contributed by atoms with Crippen LogP contribution in [0.2, 0.25) is 0 Å². The number of ether oxygens (including phenoxy) is 1. The third-order valence-electron chi connectivity index (χ3n) is 2.22. The summed E-state index contributed by atoms with van der Waals surface area (Å²) in [5.41, 5.74) is 6.69. The molecule has 0 radical (unpaired) electrons. The maximum atomic E-state index is 5.53. The van der Waals surface area contributed by atoms with Crippen molar-refractivity contribution >= 4 is 5.82 Å². The Labute approximate surface area is 97.4 Å². The first kappa shape index (κ1) is 12.9. The van der Waals surface area contributed by atoms with Crippen LogP contribution in [-0.2, 0) is 11.3 Å². The van der Waals surface area contributed by atoms with Gasteiger partial charge in [-0.3, -0.25) is 4.90 Å². The number of nitrogens with two attached hydrogens (primary N) is 1. The van der Waals surface area contributed by atoms with E-state index in [1.165, 1.54) is 5.56 Å². The van der Waals surface area contributed by atoms with Gasteiger partial charge in [-0.15, -0.1) is 0 Å². The number of nitrogen functional groups attached to an aromatic ring is 1. The molecule has 4 nitrogen and oxygen atoms in total. The van der Waals surface area contributed by atoms with E-state index in [1.54, 1.807) is 0 Å². The van der Waals surface area contributed by atoms with Crippen LogP contribution < -0.4 is 5.73 Å². The van der Waals surface area contributed by atoms with Crippen LogP contribution in [0, 0.1) is 0 Å². The van der Waals surface area contributed by atoms with E-state index in [1.807, 2.05) is 32.2 Å². The molecule has 0 spiro atoms. The van der Waals surface area contributed by atoms with Crippen molar-refractivity contribution in [1.29, 1.82) is 0 Å². The fraction of sp³-hybridized carbons (Fsp3) is 0.583. The molecule has 0 unspecified atom stereocenters. The summed E-state index contributed by atoms with van der Waals surface area (Å²) in [6.07, 6.45) is 2.11. The fourth-order valence-corrected chi connectivity index (χ4v) is 1.36. The van der Waals surface area contributed by atoms with E-state index >= 15 is 0 Å². The molecule has 0 aromatic carbocycles. The Morgan fingerprint density at radius 1 is 1.44 bits per heavy atom. The molecule has 0 aliphatic rings. The fourth-order valence-electron chi connectivity index (χ4n) is 1.36. The number of hydrogen-bond donors (Lipinski definition) is 1. The Hall–Kier alpha value is -1.13. The molecule has 1 aromatic heterocycles. The van der Waals surface area contributed by atoms with E-state index in [2.05, 4.69) is 16.9 Å². The lowest BCUT2D eigenvalue weighted by atomic mass is 10.2. The number of anilines is 1. The largest absolute Gasteiger partial charge is 0.384 e. The molecule has 16 heavy (non-hydrogen) atoms. The molecule has 1 heterocycles. The number of hydrogen-bond acceptors (Lipinski definition) is 4. The maximum absolute atomic E-state index is 5.53. The molecule has 0 saturated heterocycles. The predicted molar refractivity (Wildman–Crippen MR) is 66.1 cm³/mol. The second kappa shape index (κ2) is 6.45. The zero-order valence-corrected chi connectivity index (χ0v) is 10.3. The van der Waals surface area contributed by atoms with Crippen molar-refractivity contribution in [3.63, 3.8) is 0 Å². The van der Waals surface area contributed by atoms with E-state index in [0.29, 0.717) is 11.9 Å². The summed E-state index contributed by atoms with van der Waals surface area (Å²) in [6, 6.07) is 3.83. The van der Waals surface area contributed by atoms with E-state index in [4.69, 9.17) is 10.5 Å². The van der Waals surface area contributed by atoms with Crippen LogP contribution in [0.4, 0.5) is 5.82 Å². The van der Waals surface area contributed by atoms with Gasteiger partial charge < -0.3 is 10.5 Å². The predicted octanol–water partition coefficient (Wildman–Crippen LogP) is 1.52. The molecular weight excluding hydrogens is 202 g/mol. The van der Waals surface area contributed by atoms with Gasteiger partial charge in [-0.25, -0.2) is 4.98 Å². The minimum atomic E-state index is 0.298. The molecule has 4 heteroatoms. The van der Waals surface area contributed by atoms with Gasteiger partial charge in [0, 0.05) is 19.3 Å². The monoisotopic (exact) mass is 223 g/mol. The molecule has 0 fully saturated rings. The Morgan fingerprint density at radius 3 is 2.75 bits per heavy atom. The van der Waals surface area contributed by atoms with Crippen LogP contribution in [0.25, 0.3) is 0 Å². The summed E-state index contributed by atoms with van der Waals surface area (Å²) in [4.78, 5) is 6.26. The van der Waals surface area contributed by atoms with Crippen LogP contribution in [-0.4, -0.2) is 36.2 Å². The minimum absolute atomic E-state index is 0.298. The summed E-state index contributed by atoms with van der Waals surface area (Å²) >= 11 is 0. The molecule has 2 N–H and O–H groups in total. The van der Waals surface area contributed by atoms with Crippen molar-refractivity contribution in [1.82, 2.24) is 9.88 Å². The van der Waals surface area contributed by atoms with Gasteiger partial charge in [-0.05, 0) is 32.5 Å². The highest BCUT2D eigenvalue weighted by atomic mass is 16.5. The van der Waals surface area contributed by atoms with Crippen LogP contribution >= 0.6 is 0 Å². The lowest BCUT2D eigenvalue weighted by molar-refractivity contribution is 0.0627. The second-order valence-corrected chi connectivity index (χ2v) is 4.25. The van der Waals surface area contributed by atoms with Crippen LogP contribution in [0.1, 0.15) is 19.4 Å². The maximum Gasteiger partial charge on any atom is 0.123 e. The molecule has 0 aliphatic heterocycles. The lowest BCUT2D eigenvalue weighted by Gasteiger charge is -2.17. The van der Waals surface area contributed by atoms with Crippen LogP contribution in [0.3, 0.4) is 0 Å². The van der Waals surface area contributed by atoms with Gasteiger partial charge in [0.2, 0.25) is 0 Å². The quantitative estimate of drug-likeness (QED) is 0.794. The third kappa shape index (κ3) is 5.09. The van der Waals surface area contributed by atoms with E-state index in [9.17, 15) is 0 Å². The average molecular weight is 223 g/mol. The summed E-state index contributed by atoms with van der Waals surface area (Å²) in [7, 11) is 2.07. The smallest absolute Gasteiger partial charge is 0.123 e. The van der Waals surface area contributed by atoms with E-state index in [0.717, 1.165) is 19.7 Å². The first-order valence-electron chi connectivity index (χ1n) is 5.58. The molecule has 90 valence electrons. The van der Waals surface area contributed by atoms with Gasteiger partial charge in [0.05, 0.1) is 12.7 Å². The highest BCUT2D eigenvalue weighted by Gasteiger charge is 2.01. The standard InChI is InChI=1S/C12H21N3O/c1-10(2)16-7-6-15(3)9-11-4-5-12(13)14-8-11/h4-5,8,10H,6-7,9H2,1-3H3,(H2,13,14). The van der Waals surface area contributed by atoms with Crippen molar-refractivity contribution in [3.8, 4) is 0 Å². The topological polar surface area (TPSA) is 51.4 Å². The van der Waals surface area contributed by atoms with Crippen molar-refractivity contribution in [2.24, 2.45) is 0 Å². The Balaban J connectivity index is 2.28. The summed E-state index contributed by atoms with van der Waals surface area (Å²) in [5, 5.41) is 0. The summed E-state index contributed by atoms with van der Waals surface area (Å²) in [6.45, 7) is 6.64. The summed E-state index contributed by atoms with van der Waals surface area (Å²) in [5.74, 6) is 0.564.